The summed E-state index contributed by atoms with van der Waals surface area (Å²) in [5, 5.41) is 74.8. The van der Waals surface area contributed by atoms with Gasteiger partial charge in [-0.2, -0.15) is 0 Å². The van der Waals surface area contributed by atoms with E-state index >= 15 is 0 Å². The van der Waals surface area contributed by atoms with E-state index in [1.807, 2.05) is 12.1 Å². The van der Waals surface area contributed by atoms with Crippen LogP contribution in [0.25, 0.3) is 0 Å². The zero-order valence-corrected chi connectivity index (χ0v) is 38.7. The zero-order chi connectivity index (χ0) is 49.7. The Bertz CT molecular complexity index is 2140. The fourth-order valence-corrected chi connectivity index (χ4v) is 8.80. The molecule has 21 nitrogen and oxygen atoms in total. The van der Waals surface area contributed by atoms with E-state index in [-0.39, 0.29) is 44.8 Å². The SMILES string of the molecule is CCC1O[C@H](O[C@H]2[C@@H](O)[C@H](O[C@@H]3[C@@H](O)[C@H](NC(=O)OCc4ccccc4)C[C@H](C)[C@H]3O[C@H]3OC(CO)=CC[C@H]3NC(=O)OCc3ccccc3)O[C@@H]2CO)[C@H](NC(=O)OCc2ccccc2)[C@@H](O)[C@@H]1O. The van der Waals surface area contributed by atoms with Crippen LogP contribution in [0.5, 0.6) is 0 Å². The number of alkyl carbamates (subject to hydrolysis) is 3. The van der Waals surface area contributed by atoms with Crippen molar-refractivity contribution in [2.45, 2.75) is 145 Å². The van der Waals surface area contributed by atoms with E-state index in [0.717, 1.165) is 11.1 Å². The lowest BCUT2D eigenvalue weighted by Crippen LogP contribution is -2.65. The third-order valence-electron chi connectivity index (χ3n) is 12.6. The topological polar surface area (TPSA) is 292 Å². The molecular weight excluding hydrogens is 919 g/mol. The third kappa shape index (κ3) is 13.5. The van der Waals surface area contributed by atoms with Crippen molar-refractivity contribution in [2.75, 3.05) is 13.2 Å². The molecule has 1 unspecified atom stereocenters. The van der Waals surface area contributed by atoms with Crippen LogP contribution in [-0.2, 0) is 62.5 Å². The summed E-state index contributed by atoms with van der Waals surface area (Å²) in [6.07, 6.45) is -17.9. The molecule has 1 aliphatic carbocycles. The second kappa shape index (κ2) is 25.1. The molecule has 0 radical (unpaired) electrons. The number of ether oxygens (including phenoxy) is 9. The molecule has 70 heavy (non-hydrogen) atoms. The number of rotatable bonds is 18. The highest BCUT2D eigenvalue weighted by Gasteiger charge is 2.55. The van der Waals surface area contributed by atoms with Gasteiger partial charge in [0, 0.05) is 0 Å². The Balaban J connectivity index is 1.09. The first kappa shape index (κ1) is 52.4. The Kier molecular flexibility index (Phi) is 18.8. The normalized spacial score (nSPS) is 32.9. The fraction of sp³-hybridized carbons (Fsp3) is 0.531. The van der Waals surface area contributed by atoms with E-state index < -0.39 is 129 Å². The zero-order valence-electron chi connectivity index (χ0n) is 38.7. The summed E-state index contributed by atoms with van der Waals surface area (Å²) < 4.78 is 53.6. The Morgan fingerprint density at radius 3 is 1.61 bits per heavy atom. The summed E-state index contributed by atoms with van der Waals surface area (Å²) in [6.45, 7) is 2.02. The Morgan fingerprint density at radius 2 is 1.09 bits per heavy atom. The van der Waals surface area contributed by atoms with Gasteiger partial charge >= 0.3 is 18.3 Å². The maximum absolute atomic E-state index is 13.2. The van der Waals surface area contributed by atoms with Crippen molar-refractivity contribution in [2.24, 2.45) is 5.92 Å². The highest BCUT2D eigenvalue weighted by Crippen LogP contribution is 2.37. The predicted octanol–water partition coefficient (Wildman–Crippen LogP) is 1.99. The molecule has 2 saturated heterocycles. The summed E-state index contributed by atoms with van der Waals surface area (Å²) in [5.74, 6) is -0.429. The third-order valence-corrected chi connectivity index (χ3v) is 12.6. The number of hydrogen-bond donors (Lipinski definition) is 9. The van der Waals surface area contributed by atoms with Crippen molar-refractivity contribution in [3.8, 4) is 0 Å². The minimum absolute atomic E-state index is 0.0241. The molecule has 3 aliphatic heterocycles. The lowest BCUT2D eigenvalue weighted by atomic mass is 9.80. The molecule has 4 aliphatic rings. The first-order valence-corrected chi connectivity index (χ1v) is 23.3. The van der Waals surface area contributed by atoms with Crippen LogP contribution in [0, 0.1) is 5.92 Å². The van der Waals surface area contributed by atoms with Crippen LogP contribution in [0.2, 0.25) is 0 Å². The number of carbonyl (C=O) groups excluding carboxylic acids is 3. The van der Waals surface area contributed by atoms with E-state index in [1.165, 1.54) is 0 Å². The van der Waals surface area contributed by atoms with E-state index in [1.54, 1.807) is 98.8 Å². The number of aliphatic hydroxyl groups is 6. The second-order valence-corrected chi connectivity index (χ2v) is 17.6. The van der Waals surface area contributed by atoms with Gasteiger partial charge in [0.2, 0.25) is 6.29 Å². The molecule has 16 atom stereocenters. The standard InChI is InChI=1S/C49H63N3O18/c1-3-34-38(56)39(57)36(52-49(61)64-26-30-17-11-6-12-18-30)45(66-34)69-42-35(23-54)67-46(40(42)58)70-43-37(55)33(51-48(60)63-25-29-15-9-5-10-16-29)21-27(2)41(43)68-44-32(20-19-31(22-53)65-44)50-47(59)62-24-28-13-7-4-8-14-28/h4-19,27,32-46,53-58H,3,20-26H2,1-2H3,(H,50,59)(H,51,60)(H,52,61)/t27-,32+,33+,34?,35+,36+,37-,38+,39+,40+,41+,42+,43+,44+,45+,46-/m0/s1. The minimum atomic E-state index is -1.76. The van der Waals surface area contributed by atoms with Crippen LogP contribution in [-0.4, -0.2) is 154 Å². The van der Waals surface area contributed by atoms with Crippen molar-refractivity contribution in [1.82, 2.24) is 16.0 Å². The smallest absolute Gasteiger partial charge is 0.407 e. The number of aliphatic hydroxyl groups excluding tert-OH is 6. The number of benzene rings is 3. The minimum Gasteiger partial charge on any atom is -0.465 e. The van der Waals surface area contributed by atoms with Crippen LogP contribution in [0.3, 0.4) is 0 Å². The van der Waals surface area contributed by atoms with Gasteiger partial charge in [0.25, 0.3) is 0 Å². The summed E-state index contributed by atoms with van der Waals surface area (Å²) >= 11 is 0. The molecule has 0 aromatic heterocycles. The number of amides is 3. The molecule has 3 amide bonds. The van der Waals surface area contributed by atoms with Crippen molar-refractivity contribution in [1.29, 1.82) is 0 Å². The molecule has 7 rings (SSSR count). The van der Waals surface area contributed by atoms with Crippen LogP contribution >= 0.6 is 0 Å². The van der Waals surface area contributed by atoms with Crippen molar-refractivity contribution in [3.63, 3.8) is 0 Å². The molecule has 21 heteroatoms. The predicted molar refractivity (Wildman–Crippen MR) is 242 cm³/mol. The van der Waals surface area contributed by atoms with Gasteiger partial charge in [0.15, 0.2) is 12.6 Å². The summed E-state index contributed by atoms with van der Waals surface area (Å²) in [4.78, 5) is 39.3. The highest BCUT2D eigenvalue weighted by molar-refractivity contribution is 5.68. The maximum atomic E-state index is 13.2. The molecule has 3 heterocycles. The molecule has 9 N–H and O–H groups in total. The first-order chi connectivity index (χ1) is 33.8. The van der Waals surface area contributed by atoms with E-state index in [4.69, 9.17) is 42.6 Å². The first-order valence-electron chi connectivity index (χ1n) is 23.3. The fourth-order valence-electron chi connectivity index (χ4n) is 8.80. The average Bonchev–Trinajstić information content (AvgIpc) is 3.67. The van der Waals surface area contributed by atoms with Gasteiger partial charge in [-0.3, -0.25) is 0 Å². The van der Waals surface area contributed by atoms with E-state index in [0.29, 0.717) is 5.56 Å². The monoisotopic (exact) mass is 981 g/mol. The van der Waals surface area contributed by atoms with Crippen LogP contribution in [0.1, 0.15) is 49.8 Å². The molecule has 0 bridgehead atoms. The van der Waals surface area contributed by atoms with Crippen LogP contribution in [0.4, 0.5) is 14.4 Å². The number of nitrogens with one attached hydrogen (secondary N) is 3. The molecule has 1 saturated carbocycles. The summed E-state index contributed by atoms with van der Waals surface area (Å²) in [5.41, 5.74) is 2.16. The Hall–Kier alpha value is -5.43. The molecule has 382 valence electrons. The van der Waals surface area contributed by atoms with E-state index in [9.17, 15) is 45.0 Å². The molecular formula is C49H63N3O18. The van der Waals surface area contributed by atoms with Gasteiger partial charge in [-0.1, -0.05) is 105 Å². The lowest BCUT2D eigenvalue weighted by Gasteiger charge is -2.46. The molecule has 3 aromatic carbocycles. The summed E-state index contributed by atoms with van der Waals surface area (Å²) in [6, 6.07) is 23.5. The lowest BCUT2D eigenvalue weighted by molar-refractivity contribution is -0.288. The Labute approximate surface area is 404 Å². The van der Waals surface area contributed by atoms with Gasteiger partial charge < -0.3 is 89.2 Å². The van der Waals surface area contributed by atoms with Crippen LogP contribution in [0.15, 0.2) is 103 Å². The molecule has 3 fully saturated rings. The highest BCUT2D eigenvalue weighted by atomic mass is 16.8. The van der Waals surface area contributed by atoms with Gasteiger partial charge in [0.05, 0.1) is 30.9 Å². The average molecular weight is 982 g/mol. The van der Waals surface area contributed by atoms with Crippen LogP contribution < -0.4 is 16.0 Å². The molecule has 3 aromatic rings. The summed E-state index contributed by atoms with van der Waals surface area (Å²) in [7, 11) is 0. The van der Waals surface area contributed by atoms with Crippen molar-refractivity contribution in [3.05, 3.63) is 120 Å². The largest absolute Gasteiger partial charge is 0.465 e. The Morgan fingerprint density at radius 1 is 0.586 bits per heavy atom. The van der Waals surface area contributed by atoms with Gasteiger partial charge in [0.1, 0.15) is 81.0 Å². The van der Waals surface area contributed by atoms with Gasteiger partial charge in [-0.15, -0.1) is 0 Å². The number of hydrogen-bond acceptors (Lipinski definition) is 18. The van der Waals surface area contributed by atoms with Gasteiger partial charge in [-0.25, -0.2) is 14.4 Å². The van der Waals surface area contributed by atoms with Crippen molar-refractivity contribution < 1.29 is 87.7 Å². The molecule has 0 spiro atoms. The van der Waals surface area contributed by atoms with Gasteiger partial charge in [-0.05, 0) is 47.9 Å². The second-order valence-electron chi connectivity index (χ2n) is 17.6. The van der Waals surface area contributed by atoms with E-state index in [2.05, 4.69) is 16.0 Å². The van der Waals surface area contributed by atoms with Crippen molar-refractivity contribution >= 4 is 18.3 Å². The maximum Gasteiger partial charge on any atom is 0.407 e. The number of carbonyl (C=O) groups is 3. The quantitative estimate of drug-likeness (QED) is 0.0824.